The minimum Gasteiger partial charge on any atom is -0.497 e. The van der Waals surface area contributed by atoms with Crippen LogP contribution in [0.5, 0.6) is 5.75 Å². The van der Waals surface area contributed by atoms with Crippen LogP contribution in [0.2, 0.25) is 0 Å². The average Bonchev–Trinajstić information content (AvgIpc) is 2.88. The van der Waals surface area contributed by atoms with Crippen molar-refractivity contribution < 1.29 is 22.3 Å². The molecule has 5 rings (SSSR count). The van der Waals surface area contributed by atoms with E-state index in [2.05, 4.69) is 4.90 Å². The van der Waals surface area contributed by atoms with Gasteiger partial charge in [0.1, 0.15) is 23.2 Å². The van der Waals surface area contributed by atoms with Gasteiger partial charge in [-0.15, -0.1) is 0 Å². The molecule has 3 heterocycles. The molecule has 0 N–H and O–H groups in total. The molecule has 3 aromatic rings. The van der Waals surface area contributed by atoms with Crippen LogP contribution in [0.4, 0.5) is 10.2 Å². The molecule has 10 heteroatoms. The van der Waals surface area contributed by atoms with Crippen molar-refractivity contribution in [2.45, 2.75) is 24.3 Å². The van der Waals surface area contributed by atoms with E-state index in [1.807, 2.05) is 6.07 Å². The van der Waals surface area contributed by atoms with E-state index < -0.39 is 10.0 Å². The summed E-state index contributed by atoms with van der Waals surface area (Å²) in [6.07, 6.45) is 0.872. The Bertz CT molecular complexity index is 1310. The van der Waals surface area contributed by atoms with E-state index in [1.165, 1.54) is 16.4 Å². The number of fused-ring (bicyclic) bond motifs is 1. The fourth-order valence-corrected chi connectivity index (χ4v) is 5.88. The summed E-state index contributed by atoms with van der Waals surface area (Å²) < 4.78 is 52.7. The van der Waals surface area contributed by atoms with E-state index >= 15 is 0 Å². The van der Waals surface area contributed by atoms with Gasteiger partial charge in [0.15, 0.2) is 0 Å². The number of halogens is 1. The van der Waals surface area contributed by atoms with Crippen LogP contribution in [-0.4, -0.2) is 62.6 Å². The third-order valence-corrected chi connectivity index (χ3v) is 8.17. The molecular formula is C25H27FN4O4S. The number of ether oxygens (including phenoxy) is 2. The fraction of sp³-hybridized carbons (Fsp3) is 0.360. The zero-order valence-corrected chi connectivity index (χ0v) is 20.3. The predicted octanol–water partition coefficient (Wildman–Crippen LogP) is 2.80. The molecule has 1 fully saturated rings. The Morgan fingerprint density at radius 1 is 1.06 bits per heavy atom. The lowest BCUT2D eigenvalue weighted by Gasteiger charge is -2.34. The smallest absolute Gasteiger partial charge is 0.243 e. The Morgan fingerprint density at radius 2 is 1.83 bits per heavy atom. The first-order valence-electron chi connectivity index (χ1n) is 11.5. The van der Waals surface area contributed by atoms with Gasteiger partial charge in [0.2, 0.25) is 10.0 Å². The molecule has 2 aliphatic heterocycles. The summed E-state index contributed by atoms with van der Waals surface area (Å²) in [5, 5.41) is 0. The summed E-state index contributed by atoms with van der Waals surface area (Å²) in [4.78, 5) is 12.0. The Hall–Kier alpha value is -3.08. The zero-order chi connectivity index (χ0) is 24.4. The van der Waals surface area contributed by atoms with Crippen LogP contribution in [0.15, 0.2) is 53.4 Å². The molecule has 184 valence electrons. The maximum Gasteiger partial charge on any atom is 0.243 e. The van der Waals surface area contributed by atoms with Gasteiger partial charge < -0.3 is 14.4 Å². The summed E-state index contributed by atoms with van der Waals surface area (Å²) in [7, 11) is -2.16. The number of benzene rings is 2. The van der Waals surface area contributed by atoms with Gasteiger partial charge in [0, 0.05) is 44.6 Å². The lowest BCUT2D eigenvalue weighted by atomic mass is 10.1. The molecule has 1 saturated heterocycles. The van der Waals surface area contributed by atoms with Crippen LogP contribution in [0.1, 0.15) is 22.6 Å². The number of nitrogens with zero attached hydrogens (tertiary/aromatic N) is 4. The lowest BCUT2D eigenvalue weighted by Crippen LogP contribution is -2.41. The summed E-state index contributed by atoms with van der Waals surface area (Å²) in [5.41, 5.74) is 2.45. The molecule has 0 atom stereocenters. The number of methoxy groups -OCH3 is 1. The second kappa shape index (κ2) is 9.88. The molecule has 0 amide bonds. The van der Waals surface area contributed by atoms with Gasteiger partial charge in [-0.05, 0) is 42.0 Å². The Morgan fingerprint density at radius 3 is 2.54 bits per heavy atom. The first kappa shape index (κ1) is 23.7. The number of anilines is 1. The van der Waals surface area contributed by atoms with Crippen molar-refractivity contribution in [2.75, 3.05) is 44.9 Å². The number of hydrogen-bond acceptors (Lipinski definition) is 7. The van der Waals surface area contributed by atoms with E-state index in [4.69, 9.17) is 19.4 Å². The summed E-state index contributed by atoms with van der Waals surface area (Å²) in [6, 6.07) is 12.8. The normalized spacial score (nSPS) is 16.7. The fourth-order valence-electron chi connectivity index (χ4n) is 4.47. The summed E-state index contributed by atoms with van der Waals surface area (Å²) in [6.45, 7) is 2.98. The Balaban J connectivity index is 1.48. The minimum absolute atomic E-state index is 0.191. The van der Waals surface area contributed by atoms with Gasteiger partial charge in [0.25, 0.3) is 0 Å². The topological polar surface area (TPSA) is 84.9 Å². The third kappa shape index (κ3) is 5.00. The van der Waals surface area contributed by atoms with Crippen molar-refractivity contribution in [3.63, 3.8) is 0 Å². The molecule has 1 aromatic heterocycles. The van der Waals surface area contributed by atoms with Gasteiger partial charge in [-0.25, -0.2) is 22.8 Å². The van der Waals surface area contributed by atoms with Gasteiger partial charge in [-0.2, -0.15) is 4.31 Å². The molecule has 2 aromatic carbocycles. The summed E-state index contributed by atoms with van der Waals surface area (Å²) in [5.74, 6) is 1.64. The van der Waals surface area contributed by atoms with E-state index in [0.717, 1.165) is 22.6 Å². The maximum absolute atomic E-state index is 13.7. The second-order valence-electron chi connectivity index (χ2n) is 8.56. The van der Waals surface area contributed by atoms with Crippen LogP contribution in [-0.2, 0) is 34.1 Å². The number of hydrogen-bond donors (Lipinski definition) is 0. The van der Waals surface area contributed by atoms with Crippen molar-refractivity contribution in [1.29, 1.82) is 0 Å². The highest BCUT2D eigenvalue weighted by atomic mass is 32.2. The Labute approximate surface area is 204 Å². The van der Waals surface area contributed by atoms with Crippen molar-refractivity contribution in [1.82, 2.24) is 14.3 Å². The van der Waals surface area contributed by atoms with Crippen LogP contribution < -0.4 is 9.64 Å². The molecule has 0 spiro atoms. The molecule has 0 aliphatic carbocycles. The number of rotatable bonds is 6. The molecular weight excluding hydrogens is 471 g/mol. The SMILES string of the molecule is COc1ccc(S(=O)(=O)N2CCc3nc(Cc4cccc(F)c4)nc(N4CCOCC4)c3C2)cc1. The second-order valence-corrected chi connectivity index (χ2v) is 10.5. The van der Waals surface area contributed by atoms with Gasteiger partial charge in [0.05, 0.1) is 30.9 Å². The van der Waals surface area contributed by atoms with Crippen LogP contribution >= 0.6 is 0 Å². The highest BCUT2D eigenvalue weighted by Crippen LogP contribution is 2.31. The first-order chi connectivity index (χ1) is 16.9. The van der Waals surface area contributed by atoms with Crippen molar-refractivity contribution in [3.8, 4) is 5.75 Å². The monoisotopic (exact) mass is 498 g/mol. The van der Waals surface area contributed by atoms with E-state index in [-0.39, 0.29) is 17.3 Å². The molecule has 0 saturated carbocycles. The molecule has 0 radical (unpaired) electrons. The molecule has 2 aliphatic rings. The maximum atomic E-state index is 13.7. The average molecular weight is 499 g/mol. The lowest BCUT2D eigenvalue weighted by molar-refractivity contribution is 0.122. The predicted molar refractivity (Wildman–Crippen MR) is 129 cm³/mol. The van der Waals surface area contributed by atoms with Gasteiger partial charge in [-0.1, -0.05) is 12.1 Å². The highest BCUT2D eigenvalue weighted by molar-refractivity contribution is 7.89. The van der Waals surface area contributed by atoms with Gasteiger partial charge in [-0.3, -0.25) is 0 Å². The van der Waals surface area contributed by atoms with Crippen molar-refractivity contribution >= 4 is 15.8 Å². The zero-order valence-electron chi connectivity index (χ0n) is 19.5. The first-order valence-corrected chi connectivity index (χ1v) is 13.0. The largest absolute Gasteiger partial charge is 0.497 e. The van der Waals surface area contributed by atoms with Crippen LogP contribution in [0.25, 0.3) is 0 Å². The minimum atomic E-state index is -3.70. The van der Waals surface area contributed by atoms with Crippen molar-refractivity contribution in [3.05, 3.63) is 77.0 Å². The number of morpholine rings is 1. The number of aromatic nitrogens is 2. The molecule has 8 nitrogen and oxygen atoms in total. The molecule has 0 bridgehead atoms. The molecule has 35 heavy (non-hydrogen) atoms. The molecule has 0 unspecified atom stereocenters. The van der Waals surface area contributed by atoms with Crippen LogP contribution in [0.3, 0.4) is 0 Å². The Kier molecular flexibility index (Phi) is 6.68. The van der Waals surface area contributed by atoms with Gasteiger partial charge >= 0.3 is 0 Å². The van der Waals surface area contributed by atoms with E-state index in [9.17, 15) is 12.8 Å². The van der Waals surface area contributed by atoms with E-state index in [0.29, 0.717) is 57.3 Å². The standard InChI is InChI=1S/C25H27FN4O4S/c1-33-20-5-7-21(8-6-20)35(31,32)30-10-9-23-22(17-30)25(29-11-13-34-14-12-29)28-24(27-23)16-18-3-2-4-19(26)15-18/h2-8,15H,9-14,16-17H2,1H3. The highest BCUT2D eigenvalue weighted by Gasteiger charge is 2.32. The third-order valence-electron chi connectivity index (χ3n) is 6.31. The summed E-state index contributed by atoms with van der Waals surface area (Å²) >= 11 is 0. The number of sulfonamides is 1. The quantitative estimate of drug-likeness (QED) is 0.517. The van der Waals surface area contributed by atoms with Crippen LogP contribution in [0, 0.1) is 5.82 Å². The van der Waals surface area contributed by atoms with E-state index in [1.54, 1.807) is 37.4 Å². The van der Waals surface area contributed by atoms with Crippen molar-refractivity contribution in [2.24, 2.45) is 0 Å².